The first-order valence-corrected chi connectivity index (χ1v) is 10.2. The van der Waals surface area contributed by atoms with Crippen molar-refractivity contribution >= 4 is 69.3 Å². The average Bonchev–Trinajstić information content (AvgIpc) is 2.97. The minimum atomic E-state index is -1.45. The molecule has 0 bridgehead atoms. The number of hydrogen-bond acceptors (Lipinski definition) is 4. The lowest BCUT2D eigenvalue weighted by molar-refractivity contribution is -0.120. The number of carbonyl (C=O) groups excluding carboxylic acids is 2. The fourth-order valence-corrected chi connectivity index (χ4v) is 4.66. The van der Waals surface area contributed by atoms with Crippen molar-refractivity contribution in [3.63, 3.8) is 0 Å². The second-order valence-electron chi connectivity index (χ2n) is 6.28. The van der Waals surface area contributed by atoms with E-state index in [4.69, 9.17) is 28.3 Å². The van der Waals surface area contributed by atoms with Crippen LogP contribution in [0.5, 0.6) is 0 Å². The maximum absolute atomic E-state index is 12.5. The number of nitrogens with one attached hydrogen (secondary N) is 1. The van der Waals surface area contributed by atoms with Gasteiger partial charge >= 0.3 is 6.09 Å². The van der Waals surface area contributed by atoms with Crippen molar-refractivity contribution in [2.45, 2.75) is 9.79 Å². The lowest BCUT2D eigenvalue weighted by atomic mass is 10.1. The van der Waals surface area contributed by atoms with Crippen LogP contribution in [0.3, 0.4) is 0 Å². The monoisotopic (exact) mass is 458 g/mol. The zero-order valence-electron chi connectivity index (χ0n) is 15.1. The summed E-state index contributed by atoms with van der Waals surface area (Å²) in [5, 5.41) is 13.3. The van der Waals surface area contributed by atoms with E-state index < -0.39 is 17.9 Å². The molecule has 0 atom stereocenters. The molecule has 1 aliphatic heterocycles. The van der Waals surface area contributed by atoms with Gasteiger partial charge in [-0.1, -0.05) is 71.4 Å². The fraction of sp³-hybridized carbons (Fsp3) is 0. The van der Waals surface area contributed by atoms with Crippen LogP contribution in [-0.2, 0) is 9.59 Å². The third-order valence-electron chi connectivity index (χ3n) is 4.38. The van der Waals surface area contributed by atoms with Gasteiger partial charge in [-0.25, -0.2) is 9.69 Å². The molecular weight excluding hydrogens is 447 g/mol. The summed E-state index contributed by atoms with van der Waals surface area (Å²) in [5.74, 6) is -1.51. The Morgan fingerprint density at radius 2 is 1.70 bits per heavy atom. The standard InChI is InChI=1S/C21H12Cl2N2O4S/c22-13-8-14(23)18(30-17-7-3-5-11-4-1-2-6-12(11)17)10-16(13)25-19(26)9-15(20(25)27)24-21(28)29/h1-10,24H,(H,28,29). The van der Waals surface area contributed by atoms with E-state index in [0.29, 0.717) is 9.92 Å². The number of halogens is 2. The van der Waals surface area contributed by atoms with E-state index in [2.05, 4.69) is 0 Å². The predicted molar refractivity (Wildman–Crippen MR) is 116 cm³/mol. The van der Waals surface area contributed by atoms with Gasteiger partial charge in [-0.05, 0) is 29.0 Å². The van der Waals surface area contributed by atoms with Crippen molar-refractivity contribution in [1.29, 1.82) is 0 Å². The Balaban J connectivity index is 1.73. The average molecular weight is 459 g/mol. The molecule has 1 aliphatic rings. The molecule has 150 valence electrons. The smallest absolute Gasteiger partial charge is 0.409 e. The number of fused-ring (bicyclic) bond motifs is 1. The van der Waals surface area contributed by atoms with Gasteiger partial charge in [0.1, 0.15) is 5.70 Å². The summed E-state index contributed by atoms with van der Waals surface area (Å²) < 4.78 is 0. The van der Waals surface area contributed by atoms with Gasteiger partial charge < -0.3 is 5.11 Å². The summed E-state index contributed by atoms with van der Waals surface area (Å²) in [5.41, 5.74) is -0.223. The van der Waals surface area contributed by atoms with Crippen LogP contribution in [0.4, 0.5) is 10.5 Å². The molecule has 3 aromatic carbocycles. The van der Waals surface area contributed by atoms with Crippen molar-refractivity contribution in [1.82, 2.24) is 5.32 Å². The molecule has 4 rings (SSSR count). The molecule has 2 N–H and O–H groups in total. The Hall–Kier alpha value is -3.00. The third kappa shape index (κ3) is 3.75. The van der Waals surface area contributed by atoms with Gasteiger partial charge in [-0.3, -0.25) is 14.9 Å². The van der Waals surface area contributed by atoms with Crippen molar-refractivity contribution in [3.8, 4) is 0 Å². The van der Waals surface area contributed by atoms with Crippen LogP contribution in [0.25, 0.3) is 10.8 Å². The second kappa shape index (κ2) is 8.02. The molecule has 1 heterocycles. The van der Waals surface area contributed by atoms with E-state index in [-0.39, 0.29) is 16.4 Å². The molecule has 3 aromatic rings. The van der Waals surface area contributed by atoms with E-state index in [1.807, 2.05) is 47.8 Å². The number of benzene rings is 3. The summed E-state index contributed by atoms with van der Waals surface area (Å²) in [6.07, 6.45) is -0.530. The van der Waals surface area contributed by atoms with Gasteiger partial charge in [0.2, 0.25) is 0 Å². The predicted octanol–water partition coefficient (Wildman–Crippen LogP) is 5.32. The summed E-state index contributed by atoms with van der Waals surface area (Å²) in [6.45, 7) is 0. The van der Waals surface area contributed by atoms with Crippen LogP contribution in [0, 0.1) is 0 Å². The molecule has 6 nitrogen and oxygen atoms in total. The van der Waals surface area contributed by atoms with Crippen molar-refractivity contribution in [2.75, 3.05) is 4.90 Å². The van der Waals surface area contributed by atoms with Gasteiger partial charge in [0.15, 0.2) is 0 Å². The highest BCUT2D eigenvalue weighted by Gasteiger charge is 2.35. The second-order valence-corrected chi connectivity index (χ2v) is 8.18. The number of amides is 3. The van der Waals surface area contributed by atoms with Crippen LogP contribution in [0.1, 0.15) is 0 Å². The van der Waals surface area contributed by atoms with Crippen LogP contribution in [-0.4, -0.2) is 23.0 Å². The van der Waals surface area contributed by atoms with Crippen LogP contribution in [0.15, 0.2) is 76.2 Å². The number of hydrogen-bond donors (Lipinski definition) is 2. The van der Waals surface area contributed by atoms with E-state index in [0.717, 1.165) is 26.6 Å². The van der Waals surface area contributed by atoms with E-state index in [9.17, 15) is 14.4 Å². The molecule has 3 amide bonds. The Bertz CT molecular complexity index is 1250. The fourth-order valence-electron chi connectivity index (χ4n) is 3.07. The van der Waals surface area contributed by atoms with Gasteiger partial charge in [0.05, 0.1) is 15.7 Å². The van der Waals surface area contributed by atoms with Crippen LogP contribution >= 0.6 is 35.0 Å². The summed E-state index contributed by atoms with van der Waals surface area (Å²) >= 11 is 14.0. The van der Waals surface area contributed by atoms with Gasteiger partial charge in [-0.15, -0.1) is 0 Å². The van der Waals surface area contributed by atoms with Gasteiger partial charge in [0.25, 0.3) is 11.8 Å². The minimum absolute atomic E-state index is 0.0916. The Morgan fingerprint density at radius 3 is 2.47 bits per heavy atom. The van der Waals surface area contributed by atoms with Crippen molar-refractivity contribution in [2.24, 2.45) is 0 Å². The first-order chi connectivity index (χ1) is 14.3. The zero-order chi connectivity index (χ0) is 21.4. The molecule has 0 saturated carbocycles. The number of carbonyl (C=O) groups is 3. The number of rotatable bonds is 4. The number of carboxylic acid groups (broad SMARTS) is 1. The van der Waals surface area contributed by atoms with Crippen LogP contribution < -0.4 is 10.2 Å². The Labute approximate surface area is 185 Å². The minimum Gasteiger partial charge on any atom is -0.465 e. The largest absolute Gasteiger partial charge is 0.465 e. The lowest BCUT2D eigenvalue weighted by Gasteiger charge is -2.18. The summed E-state index contributed by atoms with van der Waals surface area (Å²) in [6, 6.07) is 16.7. The number of imide groups is 1. The van der Waals surface area contributed by atoms with Crippen LogP contribution in [0.2, 0.25) is 10.0 Å². The first-order valence-electron chi connectivity index (χ1n) is 8.60. The zero-order valence-corrected chi connectivity index (χ0v) is 17.4. The first kappa shape index (κ1) is 20.3. The molecule has 0 fully saturated rings. The number of nitrogens with zero attached hydrogens (tertiary/aromatic N) is 1. The topological polar surface area (TPSA) is 86.7 Å². The summed E-state index contributed by atoms with van der Waals surface area (Å²) in [7, 11) is 0. The molecule has 30 heavy (non-hydrogen) atoms. The maximum atomic E-state index is 12.5. The quantitative estimate of drug-likeness (QED) is 0.516. The highest BCUT2D eigenvalue weighted by atomic mass is 35.5. The molecule has 0 radical (unpaired) electrons. The van der Waals surface area contributed by atoms with E-state index in [1.54, 1.807) is 6.07 Å². The van der Waals surface area contributed by atoms with Crippen molar-refractivity contribution in [3.05, 3.63) is 76.4 Å². The van der Waals surface area contributed by atoms with Crippen molar-refractivity contribution < 1.29 is 19.5 Å². The van der Waals surface area contributed by atoms with Gasteiger partial charge in [-0.2, -0.15) is 0 Å². The molecule has 0 unspecified atom stereocenters. The normalized spacial score (nSPS) is 13.7. The Kier molecular flexibility index (Phi) is 5.42. The maximum Gasteiger partial charge on any atom is 0.409 e. The lowest BCUT2D eigenvalue weighted by Crippen LogP contribution is -2.34. The summed E-state index contributed by atoms with van der Waals surface area (Å²) in [4.78, 5) is 38.1. The number of anilines is 1. The van der Waals surface area contributed by atoms with E-state index in [1.165, 1.54) is 17.8 Å². The molecule has 0 aliphatic carbocycles. The SMILES string of the molecule is O=C(O)NC1=CC(=O)N(c2cc(Sc3cccc4ccccc34)c(Cl)cc2Cl)C1=O. The highest BCUT2D eigenvalue weighted by molar-refractivity contribution is 7.99. The van der Waals surface area contributed by atoms with E-state index >= 15 is 0 Å². The Morgan fingerprint density at radius 1 is 0.967 bits per heavy atom. The highest BCUT2D eigenvalue weighted by Crippen LogP contribution is 2.42. The molecule has 0 saturated heterocycles. The van der Waals surface area contributed by atoms with Gasteiger partial charge in [0, 0.05) is 15.9 Å². The molecule has 0 spiro atoms. The third-order valence-corrected chi connectivity index (χ3v) is 6.24. The molecule has 0 aromatic heterocycles. The molecule has 9 heteroatoms. The molecular formula is C21H12Cl2N2O4S.